The van der Waals surface area contributed by atoms with Crippen LogP contribution in [0.25, 0.3) is 10.9 Å². The molecular formula is C17H18F3N3O2S. The first-order chi connectivity index (χ1) is 12.2. The molecule has 1 fully saturated rings. The first-order valence-electron chi connectivity index (χ1n) is 8.29. The monoisotopic (exact) mass is 385 g/mol. The van der Waals surface area contributed by atoms with Gasteiger partial charge in [-0.1, -0.05) is 12.8 Å². The van der Waals surface area contributed by atoms with Crippen molar-refractivity contribution in [1.29, 1.82) is 0 Å². The lowest BCUT2D eigenvalue weighted by atomic mass is 9.84. The van der Waals surface area contributed by atoms with Crippen LogP contribution in [0.2, 0.25) is 0 Å². The van der Waals surface area contributed by atoms with Crippen molar-refractivity contribution in [1.82, 2.24) is 14.9 Å². The highest BCUT2D eigenvalue weighted by molar-refractivity contribution is 7.71. The van der Waals surface area contributed by atoms with Crippen LogP contribution in [0.1, 0.15) is 36.0 Å². The molecular weight excluding hydrogens is 367 g/mol. The van der Waals surface area contributed by atoms with Crippen LogP contribution in [-0.4, -0.2) is 27.7 Å². The molecule has 1 amide bonds. The quantitative estimate of drug-likeness (QED) is 0.779. The molecule has 1 heterocycles. The van der Waals surface area contributed by atoms with Crippen LogP contribution in [0.3, 0.4) is 0 Å². The van der Waals surface area contributed by atoms with Gasteiger partial charge in [-0.25, -0.2) is 0 Å². The van der Waals surface area contributed by atoms with Crippen molar-refractivity contribution < 1.29 is 18.0 Å². The number of aromatic nitrogens is 2. The molecule has 1 aromatic carbocycles. The maximum atomic E-state index is 13.2. The first kappa shape index (κ1) is 18.6. The van der Waals surface area contributed by atoms with Gasteiger partial charge < -0.3 is 10.3 Å². The number of fused-ring (bicyclic) bond motifs is 1. The van der Waals surface area contributed by atoms with Gasteiger partial charge in [0, 0.05) is 18.7 Å². The van der Waals surface area contributed by atoms with Crippen molar-refractivity contribution in [2.75, 3.05) is 0 Å². The number of nitrogens with zero attached hydrogens (tertiary/aromatic N) is 1. The molecule has 0 aliphatic heterocycles. The van der Waals surface area contributed by atoms with Gasteiger partial charge in [0.15, 0.2) is 4.77 Å². The molecule has 1 aromatic heterocycles. The fraction of sp³-hybridized carbons (Fsp3) is 0.471. The van der Waals surface area contributed by atoms with E-state index in [-0.39, 0.29) is 22.3 Å². The summed E-state index contributed by atoms with van der Waals surface area (Å²) in [5.74, 6) is -2.12. The topological polar surface area (TPSA) is 66.9 Å². The maximum absolute atomic E-state index is 13.2. The second kappa shape index (κ2) is 6.86. The number of alkyl halides is 3. The standard InChI is InChI=1S/C17H18F3N3O2S/c1-23-15(25)10-7-6-9(8-13(10)22-16(23)26)14(24)21-12-5-3-2-4-11(12)17(18,19)20/h6-8,11-12H,2-5H2,1H3,(H,21,24)(H,22,26)/t11-,12+/m1/s1. The minimum atomic E-state index is -4.33. The molecule has 1 aliphatic rings. The van der Waals surface area contributed by atoms with Crippen molar-refractivity contribution in [2.45, 2.75) is 37.9 Å². The summed E-state index contributed by atoms with van der Waals surface area (Å²) in [6, 6.07) is 3.41. The number of halogens is 3. The van der Waals surface area contributed by atoms with Crippen LogP contribution in [0.15, 0.2) is 23.0 Å². The minimum Gasteiger partial charge on any atom is -0.349 e. The van der Waals surface area contributed by atoms with Gasteiger partial charge in [-0.15, -0.1) is 0 Å². The number of aromatic amines is 1. The van der Waals surface area contributed by atoms with Crippen LogP contribution in [0, 0.1) is 10.7 Å². The van der Waals surface area contributed by atoms with E-state index in [4.69, 9.17) is 12.2 Å². The lowest BCUT2D eigenvalue weighted by molar-refractivity contribution is -0.187. The van der Waals surface area contributed by atoms with Gasteiger partial charge in [0.25, 0.3) is 11.5 Å². The van der Waals surface area contributed by atoms with E-state index in [1.165, 1.54) is 29.8 Å². The average molecular weight is 385 g/mol. The van der Waals surface area contributed by atoms with E-state index in [0.717, 1.165) is 0 Å². The van der Waals surface area contributed by atoms with E-state index in [0.29, 0.717) is 30.2 Å². The molecule has 0 saturated heterocycles. The Labute approximate surface area is 152 Å². The number of H-pyrrole nitrogens is 1. The summed E-state index contributed by atoms with van der Waals surface area (Å²) in [5.41, 5.74) is 0.254. The fourth-order valence-corrected chi connectivity index (χ4v) is 3.59. The van der Waals surface area contributed by atoms with Crippen molar-refractivity contribution in [3.8, 4) is 0 Å². The summed E-state index contributed by atoms with van der Waals surface area (Å²) in [4.78, 5) is 27.5. The molecule has 9 heteroatoms. The molecule has 1 saturated carbocycles. The molecule has 0 spiro atoms. The number of rotatable bonds is 2. The smallest absolute Gasteiger partial charge is 0.349 e. The molecule has 2 aromatic rings. The van der Waals surface area contributed by atoms with E-state index in [2.05, 4.69) is 10.3 Å². The second-order valence-electron chi connectivity index (χ2n) is 6.57. The van der Waals surface area contributed by atoms with Crippen molar-refractivity contribution in [3.63, 3.8) is 0 Å². The zero-order valence-electron chi connectivity index (χ0n) is 14.0. The van der Waals surface area contributed by atoms with Gasteiger partial charge in [0.2, 0.25) is 0 Å². The molecule has 140 valence electrons. The minimum absolute atomic E-state index is 0.0231. The molecule has 2 atom stereocenters. The Bertz CT molecular complexity index is 964. The van der Waals surface area contributed by atoms with Gasteiger partial charge in [-0.05, 0) is 43.3 Å². The second-order valence-corrected chi connectivity index (χ2v) is 6.95. The molecule has 0 unspecified atom stereocenters. The highest BCUT2D eigenvalue weighted by Crippen LogP contribution is 2.37. The predicted octanol–water partition coefficient (Wildman–Crippen LogP) is 3.45. The fourth-order valence-electron chi connectivity index (χ4n) is 3.39. The molecule has 2 N–H and O–H groups in total. The molecule has 0 radical (unpaired) electrons. The maximum Gasteiger partial charge on any atom is 0.393 e. The summed E-state index contributed by atoms with van der Waals surface area (Å²) in [7, 11) is 1.53. The number of benzene rings is 1. The summed E-state index contributed by atoms with van der Waals surface area (Å²) >= 11 is 5.05. The molecule has 0 bridgehead atoms. The first-order valence-corrected chi connectivity index (χ1v) is 8.70. The van der Waals surface area contributed by atoms with Gasteiger partial charge >= 0.3 is 6.18 Å². The molecule has 26 heavy (non-hydrogen) atoms. The Kier molecular flexibility index (Phi) is 4.92. The highest BCUT2D eigenvalue weighted by Gasteiger charge is 2.46. The van der Waals surface area contributed by atoms with Crippen LogP contribution in [-0.2, 0) is 7.05 Å². The van der Waals surface area contributed by atoms with Crippen molar-refractivity contribution in [3.05, 3.63) is 38.9 Å². The summed E-state index contributed by atoms with van der Waals surface area (Å²) in [6.45, 7) is 0. The number of hydrogen-bond acceptors (Lipinski definition) is 3. The summed E-state index contributed by atoms with van der Waals surface area (Å²) in [5, 5.41) is 2.87. The van der Waals surface area contributed by atoms with Crippen LogP contribution in [0.5, 0.6) is 0 Å². The Balaban J connectivity index is 1.89. The molecule has 1 aliphatic carbocycles. The number of carbonyl (C=O) groups is 1. The zero-order valence-corrected chi connectivity index (χ0v) is 14.8. The van der Waals surface area contributed by atoms with Crippen LogP contribution < -0.4 is 10.9 Å². The Morgan fingerprint density at radius 1 is 1.31 bits per heavy atom. The van der Waals surface area contributed by atoms with Crippen LogP contribution >= 0.6 is 12.2 Å². The van der Waals surface area contributed by atoms with E-state index >= 15 is 0 Å². The van der Waals surface area contributed by atoms with E-state index in [9.17, 15) is 22.8 Å². The third kappa shape index (κ3) is 3.53. The van der Waals surface area contributed by atoms with Crippen molar-refractivity contribution in [2.24, 2.45) is 13.0 Å². The van der Waals surface area contributed by atoms with E-state index in [1.807, 2.05) is 0 Å². The molecule has 5 nitrogen and oxygen atoms in total. The number of hydrogen-bond donors (Lipinski definition) is 2. The zero-order chi connectivity index (χ0) is 19.1. The predicted molar refractivity (Wildman–Crippen MR) is 93.6 cm³/mol. The average Bonchev–Trinajstić information content (AvgIpc) is 2.59. The molecule has 3 rings (SSSR count). The SMILES string of the molecule is Cn1c(=S)[nH]c2cc(C(=O)N[C@H]3CCCC[C@H]3C(F)(F)F)ccc2c1=O. The number of nitrogens with one attached hydrogen (secondary N) is 2. The number of amides is 1. The Hall–Kier alpha value is -2.16. The summed E-state index contributed by atoms with van der Waals surface area (Å²) < 4.78 is 41.0. The van der Waals surface area contributed by atoms with Gasteiger partial charge in [0.05, 0.1) is 16.8 Å². The third-order valence-corrected chi connectivity index (χ3v) is 5.24. The lowest BCUT2D eigenvalue weighted by Gasteiger charge is -2.33. The van der Waals surface area contributed by atoms with E-state index < -0.39 is 24.0 Å². The Morgan fingerprint density at radius 2 is 2.00 bits per heavy atom. The largest absolute Gasteiger partial charge is 0.393 e. The van der Waals surface area contributed by atoms with Gasteiger partial charge in [-0.2, -0.15) is 13.2 Å². The highest BCUT2D eigenvalue weighted by atomic mass is 32.1. The van der Waals surface area contributed by atoms with Crippen molar-refractivity contribution >= 4 is 29.0 Å². The van der Waals surface area contributed by atoms with Gasteiger partial charge in [-0.3, -0.25) is 14.2 Å². The lowest BCUT2D eigenvalue weighted by Crippen LogP contribution is -2.47. The normalized spacial score (nSPS) is 20.9. The number of carbonyl (C=O) groups excluding carboxylic acids is 1. The summed E-state index contributed by atoms with van der Waals surface area (Å²) in [6.07, 6.45) is -2.86. The third-order valence-electron chi connectivity index (χ3n) is 4.87. The Morgan fingerprint density at radius 3 is 2.69 bits per heavy atom. The van der Waals surface area contributed by atoms with Crippen LogP contribution in [0.4, 0.5) is 13.2 Å². The van der Waals surface area contributed by atoms with E-state index in [1.54, 1.807) is 0 Å². The van der Waals surface area contributed by atoms with Gasteiger partial charge in [0.1, 0.15) is 0 Å².